The van der Waals surface area contributed by atoms with Crippen LogP contribution in [0, 0.1) is 22.0 Å². The zero-order valence-corrected chi connectivity index (χ0v) is 12.8. The third kappa shape index (κ3) is 3.08. The predicted molar refractivity (Wildman–Crippen MR) is 80.4 cm³/mol. The van der Waals surface area contributed by atoms with E-state index in [4.69, 9.17) is 0 Å². The molecule has 0 radical (unpaired) electrons. The number of hydrogen-bond donors (Lipinski definition) is 1. The second kappa shape index (κ2) is 5.90. The third-order valence-electron chi connectivity index (χ3n) is 4.26. The zero-order valence-electron chi connectivity index (χ0n) is 11.2. The lowest BCUT2D eigenvalue weighted by Gasteiger charge is -2.22. The Kier molecular flexibility index (Phi) is 4.45. The SMILES string of the molecule is CCC1CCC(Nc2ccc([N+](=O)[O-])cc2Br)C1C. The zero-order chi connectivity index (χ0) is 14.0. The number of nitro groups is 1. The monoisotopic (exact) mass is 326 g/mol. The number of nitrogens with one attached hydrogen (secondary N) is 1. The molecule has 1 fully saturated rings. The van der Waals surface area contributed by atoms with E-state index >= 15 is 0 Å². The average molecular weight is 327 g/mol. The fourth-order valence-electron chi connectivity index (χ4n) is 2.96. The van der Waals surface area contributed by atoms with Gasteiger partial charge in [0.15, 0.2) is 0 Å². The van der Waals surface area contributed by atoms with Crippen LogP contribution in [0.1, 0.15) is 33.1 Å². The lowest BCUT2D eigenvalue weighted by Crippen LogP contribution is -2.24. The van der Waals surface area contributed by atoms with Crippen molar-refractivity contribution in [2.24, 2.45) is 11.8 Å². The summed E-state index contributed by atoms with van der Waals surface area (Å²) < 4.78 is 0.758. The molecule has 1 aliphatic rings. The van der Waals surface area contributed by atoms with Gasteiger partial charge in [-0.25, -0.2) is 0 Å². The van der Waals surface area contributed by atoms with Crippen molar-refractivity contribution in [3.8, 4) is 0 Å². The predicted octanol–water partition coefficient (Wildman–Crippen LogP) is 4.59. The number of anilines is 1. The number of nitro benzene ring substituents is 1. The molecule has 2 rings (SSSR count). The molecule has 1 N–H and O–H groups in total. The standard InChI is InChI=1S/C14H19BrN2O2/c1-3-10-4-6-13(9(10)2)16-14-7-5-11(17(18)19)8-12(14)15/h5,7-10,13,16H,3-4,6H2,1-2H3. The van der Waals surface area contributed by atoms with E-state index in [9.17, 15) is 10.1 Å². The molecule has 19 heavy (non-hydrogen) atoms. The molecule has 0 heterocycles. The summed E-state index contributed by atoms with van der Waals surface area (Å²) in [6.07, 6.45) is 3.66. The molecule has 4 nitrogen and oxygen atoms in total. The van der Waals surface area contributed by atoms with Crippen molar-refractivity contribution in [1.82, 2.24) is 0 Å². The number of halogens is 1. The molecule has 3 atom stereocenters. The van der Waals surface area contributed by atoms with Crippen molar-refractivity contribution in [3.63, 3.8) is 0 Å². The number of non-ortho nitro benzene ring substituents is 1. The number of nitrogens with zero attached hydrogens (tertiary/aromatic N) is 1. The van der Waals surface area contributed by atoms with Gasteiger partial charge in [0.05, 0.1) is 4.92 Å². The Morgan fingerprint density at radius 2 is 2.21 bits per heavy atom. The molecule has 1 saturated carbocycles. The van der Waals surface area contributed by atoms with Gasteiger partial charge in [0.2, 0.25) is 0 Å². The van der Waals surface area contributed by atoms with Crippen molar-refractivity contribution in [2.45, 2.75) is 39.2 Å². The second-order valence-electron chi connectivity index (χ2n) is 5.28. The fourth-order valence-corrected chi connectivity index (χ4v) is 3.44. The topological polar surface area (TPSA) is 55.2 Å². The van der Waals surface area contributed by atoms with E-state index in [0.717, 1.165) is 16.1 Å². The summed E-state index contributed by atoms with van der Waals surface area (Å²) in [5.41, 5.74) is 1.06. The first-order chi connectivity index (χ1) is 9.02. The van der Waals surface area contributed by atoms with Gasteiger partial charge in [0.25, 0.3) is 5.69 Å². The minimum Gasteiger partial charge on any atom is -0.381 e. The van der Waals surface area contributed by atoms with Crippen LogP contribution in [0.4, 0.5) is 11.4 Å². The average Bonchev–Trinajstić information content (AvgIpc) is 2.72. The summed E-state index contributed by atoms with van der Waals surface area (Å²) in [7, 11) is 0. The van der Waals surface area contributed by atoms with Gasteiger partial charge in [-0.15, -0.1) is 0 Å². The van der Waals surface area contributed by atoms with Crippen LogP contribution >= 0.6 is 15.9 Å². The Morgan fingerprint density at radius 3 is 2.74 bits per heavy atom. The summed E-state index contributed by atoms with van der Waals surface area (Å²) in [5, 5.41) is 14.2. The lowest BCUT2D eigenvalue weighted by atomic mass is 9.93. The van der Waals surface area contributed by atoms with E-state index in [-0.39, 0.29) is 10.6 Å². The molecule has 0 bridgehead atoms. The van der Waals surface area contributed by atoms with Gasteiger partial charge in [0, 0.05) is 28.3 Å². The minimum absolute atomic E-state index is 0.114. The van der Waals surface area contributed by atoms with Crippen LogP contribution < -0.4 is 5.32 Å². The lowest BCUT2D eigenvalue weighted by molar-refractivity contribution is -0.384. The van der Waals surface area contributed by atoms with Crippen LogP contribution in [-0.4, -0.2) is 11.0 Å². The summed E-state index contributed by atoms with van der Waals surface area (Å²) in [4.78, 5) is 10.3. The first kappa shape index (κ1) is 14.3. The third-order valence-corrected chi connectivity index (χ3v) is 4.91. The molecule has 0 amide bonds. The normalized spacial score (nSPS) is 26.4. The molecule has 0 aromatic heterocycles. The van der Waals surface area contributed by atoms with Crippen LogP contribution in [0.15, 0.2) is 22.7 Å². The highest BCUT2D eigenvalue weighted by molar-refractivity contribution is 9.10. The Morgan fingerprint density at radius 1 is 1.47 bits per heavy atom. The molecule has 1 aliphatic carbocycles. The van der Waals surface area contributed by atoms with Crippen LogP contribution in [0.2, 0.25) is 0 Å². The molecule has 1 aromatic carbocycles. The van der Waals surface area contributed by atoms with Crippen molar-refractivity contribution in [1.29, 1.82) is 0 Å². The van der Waals surface area contributed by atoms with E-state index < -0.39 is 0 Å². The van der Waals surface area contributed by atoms with E-state index in [1.807, 2.05) is 0 Å². The van der Waals surface area contributed by atoms with Gasteiger partial charge >= 0.3 is 0 Å². The molecule has 104 valence electrons. The maximum absolute atomic E-state index is 10.7. The molecular weight excluding hydrogens is 308 g/mol. The largest absolute Gasteiger partial charge is 0.381 e. The van der Waals surface area contributed by atoms with Gasteiger partial charge in [-0.05, 0) is 46.7 Å². The van der Waals surface area contributed by atoms with Gasteiger partial charge in [-0.3, -0.25) is 10.1 Å². The molecule has 3 unspecified atom stereocenters. The van der Waals surface area contributed by atoms with E-state index in [1.165, 1.54) is 19.3 Å². The highest BCUT2D eigenvalue weighted by Crippen LogP contribution is 2.37. The molecule has 5 heteroatoms. The van der Waals surface area contributed by atoms with E-state index in [0.29, 0.717) is 12.0 Å². The second-order valence-corrected chi connectivity index (χ2v) is 6.13. The molecule has 1 aromatic rings. The molecule has 0 aliphatic heterocycles. The number of benzene rings is 1. The van der Waals surface area contributed by atoms with Gasteiger partial charge < -0.3 is 5.32 Å². The van der Waals surface area contributed by atoms with Crippen LogP contribution in [0.5, 0.6) is 0 Å². The van der Waals surface area contributed by atoms with Gasteiger partial charge in [-0.2, -0.15) is 0 Å². The van der Waals surface area contributed by atoms with Crippen LogP contribution in [-0.2, 0) is 0 Å². The van der Waals surface area contributed by atoms with Crippen LogP contribution in [0.25, 0.3) is 0 Å². The Bertz CT molecular complexity index is 479. The van der Waals surface area contributed by atoms with Crippen LogP contribution in [0.3, 0.4) is 0 Å². The Labute approximate surface area is 121 Å². The summed E-state index contributed by atoms with van der Waals surface area (Å²) in [5.74, 6) is 1.43. The molecule has 0 spiro atoms. The molecule has 0 saturated heterocycles. The molecular formula is C14H19BrN2O2. The summed E-state index contributed by atoms with van der Waals surface area (Å²) >= 11 is 3.41. The number of hydrogen-bond acceptors (Lipinski definition) is 3. The summed E-state index contributed by atoms with van der Waals surface area (Å²) in [6, 6.07) is 5.35. The van der Waals surface area contributed by atoms with E-state index in [1.54, 1.807) is 18.2 Å². The number of rotatable bonds is 4. The Hall–Kier alpha value is -1.10. The summed E-state index contributed by atoms with van der Waals surface area (Å²) in [6.45, 7) is 4.53. The van der Waals surface area contributed by atoms with Crippen molar-refractivity contribution >= 4 is 27.3 Å². The van der Waals surface area contributed by atoms with Crippen molar-refractivity contribution in [2.75, 3.05) is 5.32 Å². The van der Waals surface area contributed by atoms with Gasteiger partial charge in [0.1, 0.15) is 0 Å². The quantitative estimate of drug-likeness (QED) is 0.650. The smallest absolute Gasteiger partial charge is 0.270 e. The maximum atomic E-state index is 10.7. The van der Waals surface area contributed by atoms with Crippen molar-refractivity contribution < 1.29 is 4.92 Å². The highest BCUT2D eigenvalue weighted by atomic mass is 79.9. The first-order valence-corrected chi connectivity index (χ1v) is 7.52. The Balaban J connectivity index is 2.10. The van der Waals surface area contributed by atoms with E-state index in [2.05, 4.69) is 35.1 Å². The van der Waals surface area contributed by atoms with Crippen molar-refractivity contribution in [3.05, 3.63) is 32.8 Å². The maximum Gasteiger partial charge on any atom is 0.270 e. The van der Waals surface area contributed by atoms with Gasteiger partial charge in [-0.1, -0.05) is 20.3 Å². The fraction of sp³-hybridized carbons (Fsp3) is 0.571. The minimum atomic E-state index is -0.375. The first-order valence-electron chi connectivity index (χ1n) is 6.73. The highest BCUT2D eigenvalue weighted by Gasteiger charge is 2.31.